The van der Waals surface area contributed by atoms with Gasteiger partial charge in [-0.2, -0.15) is 0 Å². The number of hydrogen-bond donors (Lipinski definition) is 1. The Hall–Kier alpha value is -1.15. The predicted octanol–water partition coefficient (Wildman–Crippen LogP) is 2.93. The van der Waals surface area contributed by atoms with E-state index in [9.17, 15) is 4.79 Å². The van der Waals surface area contributed by atoms with Gasteiger partial charge in [0.15, 0.2) is 5.78 Å². The van der Waals surface area contributed by atoms with Crippen LogP contribution in [-0.4, -0.2) is 11.3 Å². The van der Waals surface area contributed by atoms with Crippen molar-refractivity contribution in [3.63, 3.8) is 0 Å². The number of benzene rings is 1. The molecule has 0 amide bonds. The standard InChI is InChI=1S/C15H23NO/c1-5-9-15(4,16)14(17)10-13-11(2)7-6-8-12(13)3/h6-8H,5,9-10,16H2,1-4H3. The average molecular weight is 233 g/mol. The van der Waals surface area contributed by atoms with E-state index in [1.165, 1.54) is 11.1 Å². The van der Waals surface area contributed by atoms with Crippen LogP contribution in [0.15, 0.2) is 18.2 Å². The Bertz CT molecular complexity index is 387. The first kappa shape index (κ1) is 13.9. The molecule has 0 radical (unpaired) electrons. The quantitative estimate of drug-likeness (QED) is 0.849. The maximum Gasteiger partial charge on any atom is 0.156 e. The summed E-state index contributed by atoms with van der Waals surface area (Å²) in [5, 5.41) is 0. The van der Waals surface area contributed by atoms with E-state index in [-0.39, 0.29) is 5.78 Å². The molecule has 0 aliphatic carbocycles. The lowest BCUT2D eigenvalue weighted by molar-refractivity contribution is -0.123. The Morgan fingerprint density at radius 3 is 2.29 bits per heavy atom. The van der Waals surface area contributed by atoms with Gasteiger partial charge in [0.1, 0.15) is 0 Å². The Kier molecular flexibility index (Phi) is 4.47. The molecule has 0 fully saturated rings. The number of Topliss-reactive ketones (excluding diaryl/α,β-unsaturated/α-hetero) is 1. The minimum Gasteiger partial charge on any atom is -0.319 e. The number of aryl methyl sites for hydroxylation is 2. The summed E-state index contributed by atoms with van der Waals surface area (Å²) >= 11 is 0. The van der Waals surface area contributed by atoms with Crippen molar-refractivity contribution in [2.75, 3.05) is 0 Å². The number of nitrogens with two attached hydrogens (primary N) is 1. The summed E-state index contributed by atoms with van der Waals surface area (Å²) in [7, 11) is 0. The van der Waals surface area contributed by atoms with Crippen molar-refractivity contribution >= 4 is 5.78 Å². The average Bonchev–Trinajstić information content (AvgIpc) is 2.23. The van der Waals surface area contributed by atoms with Crippen LogP contribution >= 0.6 is 0 Å². The van der Waals surface area contributed by atoms with Gasteiger partial charge in [-0.25, -0.2) is 0 Å². The molecule has 0 saturated carbocycles. The first-order chi connectivity index (χ1) is 7.88. The van der Waals surface area contributed by atoms with Crippen LogP contribution in [0.5, 0.6) is 0 Å². The lowest BCUT2D eigenvalue weighted by atomic mass is 9.86. The fourth-order valence-corrected chi connectivity index (χ4v) is 2.15. The van der Waals surface area contributed by atoms with Gasteiger partial charge in [-0.1, -0.05) is 31.5 Å². The normalized spacial score (nSPS) is 14.4. The molecule has 94 valence electrons. The molecular formula is C15H23NO. The summed E-state index contributed by atoms with van der Waals surface area (Å²) in [5.74, 6) is 0.136. The molecule has 0 aliphatic rings. The maximum atomic E-state index is 12.2. The van der Waals surface area contributed by atoms with Gasteiger partial charge in [0.05, 0.1) is 5.54 Å². The van der Waals surface area contributed by atoms with Gasteiger partial charge < -0.3 is 5.73 Å². The molecule has 2 N–H and O–H groups in total. The zero-order chi connectivity index (χ0) is 13.1. The van der Waals surface area contributed by atoms with Gasteiger partial charge in [0.2, 0.25) is 0 Å². The molecule has 0 aliphatic heterocycles. The number of carbonyl (C=O) groups is 1. The monoisotopic (exact) mass is 233 g/mol. The molecule has 0 heterocycles. The highest BCUT2D eigenvalue weighted by Gasteiger charge is 2.27. The largest absolute Gasteiger partial charge is 0.319 e. The van der Waals surface area contributed by atoms with Crippen LogP contribution in [0.4, 0.5) is 0 Å². The van der Waals surface area contributed by atoms with Crippen LogP contribution in [0.1, 0.15) is 43.4 Å². The van der Waals surface area contributed by atoms with Gasteiger partial charge in [-0.15, -0.1) is 0 Å². The Morgan fingerprint density at radius 1 is 1.29 bits per heavy atom. The van der Waals surface area contributed by atoms with Crippen LogP contribution in [-0.2, 0) is 11.2 Å². The maximum absolute atomic E-state index is 12.2. The molecule has 2 nitrogen and oxygen atoms in total. The van der Waals surface area contributed by atoms with Crippen LogP contribution < -0.4 is 5.73 Å². The lowest BCUT2D eigenvalue weighted by Gasteiger charge is -2.23. The second-order valence-electron chi connectivity index (χ2n) is 5.14. The Morgan fingerprint density at radius 2 is 1.82 bits per heavy atom. The molecular weight excluding hydrogens is 210 g/mol. The van der Waals surface area contributed by atoms with Crippen molar-refractivity contribution in [3.8, 4) is 0 Å². The summed E-state index contributed by atoms with van der Waals surface area (Å²) < 4.78 is 0. The number of hydrogen-bond acceptors (Lipinski definition) is 2. The molecule has 1 atom stereocenters. The van der Waals surface area contributed by atoms with E-state index in [0.717, 1.165) is 18.4 Å². The van der Waals surface area contributed by atoms with Crippen molar-refractivity contribution in [1.82, 2.24) is 0 Å². The highest BCUT2D eigenvalue weighted by molar-refractivity contribution is 5.90. The SMILES string of the molecule is CCCC(C)(N)C(=O)Cc1c(C)cccc1C. The summed E-state index contributed by atoms with van der Waals surface area (Å²) in [6, 6.07) is 6.11. The van der Waals surface area contributed by atoms with E-state index in [2.05, 4.69) is 6.92 Å². The first-order valence-corrected chi connectivity index (χ1v) is 6.25. The van der Waals surface area contributed by atoms with E-state index >= 15 is 0 Å². The molecule has 2 heteroatoms. The van der Waals surface area contributed by atoms with Crippen molar-refractivity contribution in [2.45, 2.75) is 52.5 Å². The van der Waals surface area contributed by atoms with E-state index in [1.807, 2.05) is 39.0 Å². The summed E-state index contributed by atoms with van der Waals surface area (Å²) in [5.41, 5.74) is 8.85. The lowest BCUT2D eigenvalue weighted by Crippen LogP contribution is -2.45. The number of rotatable bonds is 5. The molecule has 1 unspecified atom stereocenters. The van der Waals surface area contributed by atoms with Crippen LogP contribution in [0.3, 0.4) is 0 Å². The van der Waals surface area contributed by atoms with E-state index < -0.39 is 5.54 Å². The predicted molar refractivity (Wildman–Crippen MR) is 72.1 cm³/mol. The minimum absolute atomic E-state index is 0.136. The molecule has 17 heavy (non-hydrogen) atoms. The Labute approximate surface area is 104 Å². The number of carbonyl (C=O) groups excluding carboxylic acids is 1. The molecule has 0 bridgehead atoms. The zero-order valence-electron chi connectivity index (χ0n) is 11.3. The van der Waals surface area contributed by atoms with Crippen molar-refractivity contribution in [1.29, 1.82) is 0 Å². The third-order valence-electron chi connectivity index (χ3n) is 3.39. The topological polar surface area (TPSA) is 43.1 Å². The van der Waals surface area contributed by atoms with E-state index in [1.54, 1.807) is 0 Å². The molecule has 1 aromatic carbocycles. The van der Waals surface area contributed by atoms with Gasteiger partial charge in [-0.3, -0.25) is 4.79 Å². The minimum atomic E-state index is -0.691. The van der Waals surface area contributed by atoms with Crippen LogP contribution in [0.2, 0.25) is 0 Å². The summed E-state index contributed by atoms with van der Waals surface area (Å²) in [6.45, 7) is 7.98. The highest BCUT2D eigenvalue weighted by atomic mass is 16.1. The Balaban J connectivity index is 2.88. The third kappa shape index (κ3) is 3.40. The summed E-state index contributed by atoms with van der Waals surface area (Å²) in [6.07, 6.45) is 2.13. The molecule has 1 rings (SSSR count). The van der Waals surface area contributed by atoms with Crippen molar-refractivity contribution in [2.24, 2.45) is 5.73 Å². The molecule has 0 saturated heterocycles. The summed E-state index contributed by atoms with van der Waals surface area (Å²) in [4.78, 5) is 12.2. The fourth-order valence-electron chi connectivity index (χ4n) is 2.15. The first-order valence-electron chi connectivity index (χ1n) is 6.25. The van der Waals surface area contributed by atoms with Crippen molar-refractivity contribution in [3.05, 3.63) is 34.9 Å². The van der Waals surface area contributed by atoms with E-state index in [0.29, 0.717) is 6.42 Å². The smallest absolute Gasteiger partial charge is 0.156 e. The molecule has 1 aromatic rings. The fraction of sp³-hybridized carbons (Fsp3) is 0.533. The highest BCUT2D eigenvalue weighted by Crippen LogP contribution is 2.18. The van der Waals surface area contributed by atoms with Gasteiger partial charge in [-0.05, 0) is 43.9 Å². The third-order valence-corrected chi connectivity index (χ3v) is 3.39. The number of ketones is 1. The van der Waals surface area contributed by atoms with Crippen molar-refractivity contribution < 1.29 is 4.79 Å². The van der Waals surface area contributed by atoms with Gasteiger partial charge in [0, 0.05) is 6.42 Å². The molecule has 0 aromatic heterocycles. The van der Waals surface area contributed by atoms with E-state index in [4.69, 9.17) is 5.73 Å². The second kappa shape index (κ2) is 5.46. The second-order valence-corrected chi connectivity index (χ2v) is 5.14. The molecule has 0 spiro atoms. The van der Waals surface area contributed by atoms with Crippen LogP contribution in [0.25, 0.3) is 0 Å². The van der Waals surface area contributed by atoms with Crippen LogP contribution in [0, 0.1) is 13.8 Å². The van der Waals surface area contributed by atoms with Gasteiger partial charge in [0.25, 0.3) is 0 Å². The zero-order valence-corrected chi connectivity index (χ0v) is 11.3. The van der Waals surface area contributed by atoms with Gasteiger partial charge >= 0.3 is 0 Å².